The van der Waals surface area contributed by atoms with Gasteiger partial charge in [0, 0.05) is 15.7 Å². The minimum Gasteiger partial charge on any atom is -0.309 e. The van der Waals surface area contributed by atoms with Crippen molar-refractivity contribution in [1.82, 2.24) is 10.3 Å². The van der Waals surface area contributed by atoms with Crippen molar-refractivity contribution < 1.29 is 9.59 Å². The van der Waals surface area contributed by atoms with E-state index in [1.807, 2.05) is 6.07 Å². The van der Waals surface area contributed by atoms with Gasteiger partial charge in [0.05, 0.1) is 29.7 Å². The van der Waals surface area contributed by atoms with Crippen LogP contribution in [0.3, 0.4) is 0 Å². The Morgan fingerprint density at radius 2 is 1.67 bits per heavy atom. The molecule has 0 fully saturated rings. The van der Waals surface area contributed by atoms with E-state index in [2.05, 4.69) is 15.6 Å². The smallest absolute Gasteiger partial charge is 0.309 e. The van der Waals surface area contributed by atoms with Crippen molar-refractivity contribution in [2.75, 3.05) is 22.2 Å². The number of pyridine rings is 1. The van der Waals surface area contributed by atoms with E-state index in [1.54, 1.807) is 78.4 Å². The number of urea groups is 1. The molecule has 7 nitrogen and oxygen atoms in total. The second kappa shape index (κ2) is 10.4. The number of likely N-dealkylation sites (N-methyl/N-ethyl adjacent to an activating group) is 1. The lowest BCUT2D eigenvalue weighted by molar-refractivity contribution is -0.117. The van der Waals surface area contributed by atoms with Crippen molar-refractivity contribution in [3.05, 3.63) is 76.4 Å². The van der Waals surface area contributed by atoms with Crippen LogP contribution in [-0.2, 0) is 11.3 Å². The summed E-state index contributed by atoms with van der Waals surface area (Å²) in [6, 6.07) is 16.9. The van der Waals surface area contributed by atoms with Crippen molar-refractivity contribution in [1.29, 1.82) is 0 Å². The maximum Gasteiger partial charge on any atom is 0.334 e. The second-order valence-corrected chi connectivity index (χ2v) is 8.20. The number of aromatic nitrogens is 1. The summed E-state index contributed by atoms with van der Waals surface area (Å²) in [5.41, 5.74) is 2.49. The van der Waals surface area contributed by atoms with Gasteiger partial charge in [0.2, 0.25) is 5.91 Å². The number of amides is 3. The van der Waals surface area contributed by atoms with Crippen molar-refractivity contribution in [3.63, 3.8) is 0 Å². The number of fused-ring (bicyclic) bond motifs is 1. The fourth-order valence-corrected chi connectivity index (χ4v) is 3.77. The quantitative estimate of drug-likeness (QED) is 0.470. The predicted octanol–water partition coefficient (Wildman–Crippen LogP) is 5.63. The molecule has 2 N–H and O–H groups in total. The van der Waals surface area contributed by atoms with E-state index in [-0.39, 0.29) is 36.9 Å². The summed E-state index contributed by atoms with van der Waals surface area (Å²) in [5, 5.41) is 6.73. The summed E-state index contributed by atoms with van der Waals surface area (Å²) in [5.74, 6) is 0.201. The van der Waals surface area contributed by atoms with Gasteiger partial charge >= 0.3 is 6.03 Å². The third-order valence-electron chi connectivity index (χ3n) is 5.18. The largest absolute Gasteiger partial charge is 0.334 e. The van der Waals surface area contributed by atoms with E-state index in [0.717, 1.165) is 0 Å². The summed E-state index contributed by atoms with van der Waals surface area (Å²) in [7, 11) is 1.71. The highest BCUT2D eigenvalue weighted by atomic mass is 35.5. The number of hydrogen-bond acceptors (Lipinski definition) is 4. The highest BCUT2D eigenvalue weighted by Gasteiger charge is 2.34. The number of rotatable bonds is 5. The van der Waals surface area contributed by atoms with E-state index in [9.17, 15) is 9.59 Å². The van der Waals surface area contributed by atoms with Crippen LogP contribution in [0.5, 0.6) is 0 Å². The molecular formula is C23H22Cl3N5O2. The first-order valence-electron chi connectivity index (χ1n) is 9.98. The molecule has 1 aliphatic rings. The van der Waals surface area contributed by atoms with Gasteiger partial charge in [-0.25, -0.2) is 9.78 Å². The summed E-state index contributed by atoms with van der Waals surface area (Å²) in [4.78, 5) is 33.6. The van der Waals surface area contributed by atoms with Crippen LogP contribution in [0, 0.1) is 0 Å². The van der Waals surface area contributed by atoms with E-state index >= 15 is 0 Å². The molecule has 0 saturated carbocycles. The van der Waals surface area contributed by atoms with Gasteiger partial charge in [0.25, 0.3) is 0 Å². The molecule has 172 valence electrons. The zero-order valence-electron chi connectivity index (χ0n) is 17.9. The van der Waals surface area contributed by atoms with Crippen molar-refractivity contribution in [2.24, 2.45) is 0 Å². The van der Waals surface area contributed by atoms with Gasteiger partial charge in [-0.3, -0.25) is 14.6 Å². The van der Waals surface area contributed by atoms with Gasteiger partial charge in [-0.2, -0.15) is 0 Å². The van der Waals surface area contributed by atoms with Crippen LogP contribution < -0.4 is 20.4 Å². The highest BCUT2D eigenvalue weighted by Crippen LogP contribution is 2.38. The van der Waals surface area contributed by atoms with Gasteiger partial charge in [-0.15, -0.1) is 12.4 Å². The Kier molecular flexibility index (Phi) is 7.81. The normalized spacial score (nSPS) is 13.8. The summed E-state index contributed by atoms with van der Waals surface area (Å²) in [6.45, 7) is 1.98. The second-order valence-electron chi connectivity index (χ2n) is 7.33. The number of nitrogens with one attached hydrogen (secondary N) is 2. The minimum absolute atomic E-state index is 0. The Morgan fingerprint density at radius 3 is 2.30 bits per heavy atom. The first kappa shape index (κ1) is 24.8. The van der Waals surface area contributed by atoms with Gasteiger partial charge in [-0.05, 0) is 62.5 Å². The predicted molar refractivity (Wildman–Crippen MR) is 135 cm³/mol. The van der Waals surface area contributed by atoms with Gasteiger partial charge < -0.3 is 10.6 Å². The van der Waals surface area contributed by atoms with Crippen molar-refractivity contribution in [2.45, 2.75) is 19.5 Å². The van der Waals surface area contributed by atoms with Crippen LogP contribution in [0.1, 0.15) is 12.6 Å². The molecule has 0 radical (unpaired) electrons. The molecule has 1 aliphatic heterocycles. The van der Waals surface area contributed by atoms with Crippen LogP contribution in [0.4, 0.5) is 27.7 Å². The lowest BCUT2D eigenvalue weighted by Crippen LogP contribution is -2.45. The van der Waals surface area contributed by atoms with Crippen LogP contribution in [0.25, 0.3) is 0 Å². The molecule has 0 bridgehead atoms. The van der Waals surface area contributed by atoms with Crippen LogP contribution in [-0.4, -0.2) is 30.0 Å². The third-order valence-corrected chi connectivity index (χ3v) is 5.66. The summed E-state index contributed by atoms with van der Waals surface area (Å²) >= 11 is 12.4. The first-order chi connectivity index (χ1) is 15.4. The Bertz CT molecular complexity index is 1190. The summed E-state index contributed by atoms with van der Waals surface area (Å²) < 4.78 is 0. The van der Waals surface area contributed by atoms with Gasteiger partial charge in [-0.1, -0.05) is 35.3 Å². The lowest BCUT2D eigenvalue weighted by Gasteiger charge is -2.36. The monoisotopic (exact) mass is 505 g/mol. The molecule has 0 aliphatic carbocycles. The number of carbonyl (C=O) groups is 2. The van der Waals surface area contributed by atoms with E-state index in [4.69, 9.17) is 23.2 Å². The zero-order valence-corrected chi connectivity index (χ0v) is 20.2. The molecule has 2 heterocycles. The van der Waals surface area contributed by atoms with Crippen LogP contribution in [0.15, 0.2) is 60.7 Å². The summed E-state index contributed by atoms with van der Waals surface area (Å²) in [6.07, 6.45) is 0. The average molecular weight is 507 g/mol. The zero-order chi connectivity index (χ0) is 22.8. The van der Waals surface area contributed by atoms with Crippen LogP contribution >= 0.6 is 35.6 Å². The SMILES string of the molecule is CNC(C)C(=O)Nc1ccc2c(n1)CN(c1cccc(Cl)c1)C(=O)N2c1cccc(Cl)c1.Cl. The Hall–Kier alpha value is -2.84. The maximum absolute atomic E-state index is 13.6. The number of benzene rings is 2. The maximum atomic E-state index is 13.6. The number of anilines is 4. The Labute approximate surface area is 208 Å². The fourth-order valence-electron chi connectivity index (χ4n) is 3.40. The average Bonchev–Trinajstić information content (AvgIpc) is 2.78. The van der Waals surface area contributed by atoms with Crippen molar-refractivity contribution >= 4 is 70.4 Å². The number of halogens is 3. The molecule has 1 aromatic heterocycles. The molecule has 4 rings (SSSR count). The Balaban J connectivity index is 0.00000306. The molecule has 1 atom stereocenters. The number of nitrogens with zero attached hydrogens (tertiary/aromatic N) is 3. The number of hydrogen-bond donors (Lipinski definition) is 2. The standard InChI is InChI=1S/C23H21Cl2N5O2.ClH/c1-14(26-2)22(31)28-21-10-9-20-19(27-21)13-29(17-7-3-5-15(24)11-17)23(32)30(20)18-8-4-6-16(25)12-18;/h3-12,14,26H,13H2,1-2H3,(H,27,28,31);1H. The molecule has 0 spiro atoms. The van der Waals surface area contributed by atoms with Crippen LogP contribution in [0.2, 0.25) is 10.0 Å². The minimum atomic E-state index is -0.375. The molecule has 1 unspecified atom stereocenters. The molecule has 3 amide bonds. The third kappa shape index (κ3) is 5.23. The van der Waals surface area contributed by atoms with Crippen molar-refractivity contribution in [3.8, 4) is 0 Å². The lowest BCUT2D eigenvalue weighted by atomic mass is 10.1. The highest BCUT2D eigenvalue weighted by molar-refractivity contribution is 6.31. The molecular weight excluding hydrogens is 485 g/mol. The fraction of sp³-hybridized carbons (Fsp3) is 0.174. The molecule has 0 saturated heterocycles. The molecule has 3 aromatic rings. The topological polar surface area (TPSA) is 77.6 Å². The number of carbonyl (C=O) groups excluding carboxylic acids is 2. The van der Waals surface area contributed by atoms with E-state index < -0.39 is 0 Å². The molecule has 2 aromatic carbocycles. The van der Waals surface area contributed by atoms with E-state index in [0.29, 0.717) is 38.6 Å². The molecule has 33 heavy (non-hydrogen) atoms. The molecule has 10 heteroatoms. The van der Waals surface area contributed by atoms with Gasteiger partial charge in [0.1, 0.15) is 5.82 Å². The first-order valence-corrected chi connectivity index (χ1v) is 10.7. The van der Waals surface area contributed by atoms with Gasteiger partial charge in [0.15, 0.2) is 0 Å². The van der Waals surface area contributed by atoms with E-state index in [1.165, 1.54) is 0 Å². The Morgan fingerprint density at radius 1 is 1.03 bits per heavy atom.